The average Bonchev–Trinajstić information content (AvgIpc) is 3.11. The third-order valence-electron chi connectivity index (χ3n) is 4.24. The zero-order valence-corrected chi connectivity index (χ0v) is 14.5. The summed E-state index contributed by atoms with van der Waals surface area (Å²) in [5.41, 5.74) is 7.54. The predicted octanol–water partition coefficient (Wildman–Crippen LogP) is 3.10. The van der Waals surface area contributed by atoms with Crippen LogP contribution >= 0.6 is 0 Å². The Morgan fingerprint density at radius 3 is 2.79 bits per heavy atom. The summed E-state index contributed by atoms with van der Waals surface area (Å²) in [5.74, 6) is -0.877. The van der Waals surface area contributed by atoms with Gasteiger partial charge in [0.1, 0.15) is 5.75 Å². The molecular formula is C18H13FN6O3. The third-order valence-corrected chi connectivity index (χ3v) is 4.24. The Hall–Kier alpha value is -4.08. The second kappa shape index (κ2) is 6.58. The molecule has 4 aromatic rings. The molecule has 1 aromatic carbocycles. The van der Waals surface area contributed by atoms with Crippen molar-refractivity contribution in [3.63, 3.8) is 0 Å². The highest BCUT2D eigenvalue weighted by Gasteiger charge is 2.23. The average molecular weight is 380 g/mol. The number of benzene rings is 1. The molecule has 0 bridgehead atoms. The summed E-state index contributed by atoms with van der Waals surface area (Å²) in [5, 5.41) is 15.5. The van der Waals surface area contributed by atoms with Crippen molar-refractivity contribution in [1.82, 2.24) is 19.6 Å². The molecule has 0 fully saturated rings. The molecule has 0 radical (unpaired) electrons. The lowest BCUT2D eigenvalue weighted by molar-refractivity contribution is -0.387. The van der Waals surface area contributed by atoms with Crippen molar-refractivity contribution in [2.24, 2.45) is 0 Å². The molecule has 0 spiro atoms. The second-order valence-electron chi connectivity index (χ2n) is 5.84. The van der Waals surface area contributed by atoms with Crippen LogP contribution in [-0.2, 0) is 0 Å². The Morgan fingerprint density at radius 2 is 2.04 bits per heavy atom. The molecule has 2 N–H and O–H groups in total. The molecule has 0 atom stereocenters. The van der Waals surface area contributed by atoms with E-state index in [1.54, 1.807) is 16.9 Å². The van der Waals surface area contributed by atoms with E-state index in [4.69, 9.17) is 10.5 Å². The fourth-order valence-corrected chi connectivity index (χ4v) is 2.98. The molecule has 4 rings (SSSR count). The zero-order valence-electron chi connectivity index (χ0n) is 14.5. The predicted molar refractivity (Wildman–Crippen MR) is 99.2 cm³/mol. The standard InChI is InChI=1S/C18H13FN6O3/c1-28-16-7-13(19)15(25(26)27)6-10(16)11-8-21-18(20)23-17(11)12-9-22-24-5-3-2-4-14(12)24/h2-9H,1H3,(H2,20,21,23). The minimum absolute atomic E-state index is 0.0182. The van der Waals surface area contributed by atoms with E-state index < -0.39 is 16.4 Å². The van der Waals surface area contributed by atoms with Crippen LogP contribution in [0.25, 0.3) is 27.9 Å². The second-order valence-corrected chi connectivity index (χ2v) is 5.84. The van der Waals surface area contributed by atoms with E-state index in [-0.39, 0.29) is 17.3 Å². The van der Waals surface area contributed by atoms with Crippen LogP contribution in [0.2, 0.25) is 0 Å². The molecule has 3 aromatic heterocycles. The maximum Gasteiger partial charge on any atom is 0.305 e. The van der Waals surface area contributed by atoms with Gasteiger partial charge in [-0.25, -0.2) is 14.5 Å². The molecule has 28 heavy (non-hydrogen) atoms. The lowest BCUT2D eigenvalue weighted by Crippen LogP contribution is -2.01. The van der Waals surface area contributed by atoms with Crippen molar-refractivity contribution in [3.8, 4) is 28.1 Å². The van der Waals surface area contributed by atoms with Crippen LogP contribution in [0.1, 0.15) is 0 Å². The van der Waals surface area contributed by atoms with E-state index in [9.17, 15) is 14.5 Å². The Bertz CT molecular complexity index is 1220. The number of fused-ring (bicyclic) bond motifs is 1. The fourth-order valence-electron chi connectivity index (χ4n) is 2.98. The van der Waals surface area contributed by atoms with Gasteiger partial charge in [0.2, 0.25) is 11.8 Å². The van der Waals surface area contributed by atoms with Gasteiger partial charge in [0.05, 0.1) is 29.4 Å². The maximum absolute atomic E-state index is 14.0. The van der Waals surface area contributed by atoms with Crippen LogP contribution < -0.4 is 10.5 Å². The minimum Gasteiger partial charge on any atom is -0.496 e. The summed E-state index contributed by atoms with van der Waals surface area (Å²) in [6.07, 6.45) is 4.79. The molecule has 0 aliphatic carbocycles. The largest absolute Gasteiger partial charge is 0.496 e. The minimum atomic E-state index is -1.00. The summed E-state index contributed by atoms with van der Waals surface area (Å²) in [4.78, 5) is 18.7. The number of halogens is 1. The summed E-state index contributed by atoms with van der Waals surface area (Å²) < 4.78 is 20.9. The summed E-state index contributed by atoms with van der Waals surface area (Å²) in [7, 11) is 1.34. The van der Waals surface area contributed by atoms with Crippen molar-refractivity contribution in [1.29, 1.82) is 0 Å². The van der Waals surface area contributed by atoms with Gasteiger partial charge in [-0.2, -0.15) is 9.49 Å². The zero-order chi connectivity index (χ0) is 19.8. The van der Waals surface area contributed by atoms with E-state index in [1.807, 2.05) is 18.2 Å². The number of nitrogens with zero attached hydrogens (tertiary/aromatic N) is 5. The molecular weight excluding hydrogens is 367 g/mol. The van der Waals surface area contributed by atoms with Gasteiger partial charge in [0, 0.05) is 41.2 Å². The first-order valence-electron chi connectivity index (χ1n) is 8.07. The number of hydrogen-bond donors (Lipinski definition) is 1. The summed E-state index contributed by atoms with van der Waals surface area (Å²) >= 11 is 0. The van der Waals surface area contributed by atoms with Gasteiger partial charge in [0.15, 0.2) is 0 Å². The van der Waals surface area contributed by atoms with Gasteiger partial charge in [0.25, 0.3) is 0 Å². The number of ether oxygens (including phenoxy) is 1. The molecule has 0 saturated carbocycles. The van der Waals surface area contributed by atoms with E-state index >= 15 is 0 Å². The van der Waals surface area contributed by atoms with E-state index in [0.29, 0.717) is 16.8 Å². The van der Waals surface area contributed by atoms with Crippen LogP contribution in [-0.4, -0.2) is 31.6 Å². The molecule has 9 nitrogen and oxygen atoms in total. The Kier molecular flexibility index (Phi) is 4.07. The van der Waals surface area contributed by atoms with E-state index in [2.05, 4.69) is 15.1 Å². The van der Waals surface area contributed by atoms with E-state index in [0.717, 1.165) is 17.6 Å². The third kappa shape index (κ3) is 2.76. The number of methoxy groups -OCH3 is 1. The Balaban J connectivity index is 2.03. The van der Waals surface area contributed by atoms with Gasteiger partial charge in [-0.3, -0.25) is 10.1 Å². The summed E-state index contributed by atoms with van der Waals surface area (Å²) in [6.45, 7) is 0. The van der Waals surface area contributed by atoms with Crippen molar-refractivity contribution >= 4 is 17.2 Å². The Morgan fingerprint density at radius 1 is 1.21 bits per heavy atom. The number of nitrogens with two attached hydrogens (primary N) is 1. The first-order valence-corrected chi connectivity index (χ1v) is 8.07. The number of pyridine rings is 1. The van der Waals surface area contributed by atoms with Crippen molar-refractivity contribution in [3.05, 3.63) is 64.9 Å². The molecule has 0 amide bonds. The smallest absolute Gasteiger partial charge is 0.305 e. The van der Waals surface area contributed by atoms with Crippen LogP contribution in [0, 0.1) is 15.9 Å². The number of nitro groups is 1. The van der Waals surface area contributed by atoms with Gasteiger partial charge < -0.3 is 10.5 Å². The lowest BCUT2D eigenvalue weighted by atomic mass is 10.00. The fraction of sp³-hybridized carbons (Fsp3) is 0.0556. The highest BCUT2D eigenvalue weighted by molar-refractivity contribution is 5.90. The molecule has 10 heteroatoms. The van der Waals surface area contributed by atoms with Gasteiger partial charge >= 0.3 is 5.69 Å². The van der Waals surface area contributed by atoms with Crippen molar-refractivity contribution in [2.45, 2.75) is 0 Å². The molecule has 3 heterocycles. The normalized spacial score (nSPS) is 10.9. The van der Waals surface area contributed by atoms with Gasteiger partial charge in [-0.1, -0.05) is 6.07 Å². The number of anilines is 1. The topological polar surface area (TPSA) is 121 Å². The van der Waals surface area contributed by atoms with Crippen molar-refractivity contribution in [2.75, 3.05) is 12.8 Å². The molecule has 0 unspecified atom stereocenters. The van der Waals surface area contributed by atoms with Crippen LogP contribution in [0.3, 0.4) is 0 Å². The highest BCUT2D eigenvalue weighted by atomic mass is 19.1. The monoisotopic (exact) mass is 380 g/mol. The first kappa shape index (κ1) is 17.3. The van der Waals surface area contributed by atoms with Crippen LogP contribution in [0.5, 0.6) is 5.75 Å². The molecule has 0 aliphatic heterocycles. The SMILES string of the molecule is COc1cc(F)c([N+](=O)[O-])cc1-c1cnc(N)nc1-c1cnn2ccccc12. The number of rotatable bonds is 4. The lowest BCUT2D eigenvalue weighted by Gasteiger charge is -2.12. The highest BCUT2D eigenvalue weighted by Crippen LogP contribution is 2.40. The summed E-state index contributed by atoms with van der Waals surface area (Å²) in [6, 6.07) is 7.57. The van der Waals surface area contributed by atoms with Crippen LogP contribution in [0.15, 0.2) is 48.9 Å². The molecule has 0 saturated heterocycles. The van der Waals surface area contributed by atoms with Crippen molar-refractivity contribution < 1.29 is 14.1 Å². The quantitative estimate of drug-likeness (QED) is 0.426. The van der Waals surface area contributed by atoms with Crippen LogP contribution in [0.4, 0.5) is 16.0 Å². The van der Waals surface area contributed by atoms with Gasteiger partial charge in [-0.15, -0.1) is 0 Å². The number of nitrogen functional groups attached to an aromatic ring is 1. The van der Waals surface area contributed by atoms with E-state index in [1.165, 1.54) is 13.3 Å². The molecule has 0 aliphatic rings. The maximum atomic E-state index is 14.0. The molecule has 140 valence electrons. The number of hydrogen-bond acceptors (Lipinski definition) is 7. The number of nitro benzene ring substituents is 1. The Labute approximate surface area is 157 Å². The number of aromatic nitrogens is 4. The first-order chi connectivity index (χ1) is 13.5. The van der Waals surface area contributed by atoms with Gasteiger partial charge in [-0.05, 0) is 12.1 Å².